The molecule has 26 heteroatoms. The number of benzene rings is 4. The van der Waals surface area contributed by atoms with Gasteiger partial charge in [-0.2, -0.15) is 4.58 Å². The van der Waals surface area contributed by atoms with Crippen molar-refractivity contribution in [2.45, 2.75) is 96.1 Å². The van der Waals surface area contributed by atoms with E-state index in [0.717, 1.165) is 12.1 Å². The molecule has 0 saturated heterocycles. The summed E-state index contributed by atoms with van der Waals surface area (Å²) in [5.74, 6) is -1.74. The van der Waals surface area contributed by atoms with Gasteiger partial charge in [0.25, 0.3) is 0 Å². The van der Waals surface area contributed by atoms with E-state index in [4.69, 9.17) is 9.47 Å². The van der Waals surface area contributed by atoms with Crippen molar-refractivity contribution in [2.75, 3.05) is 50.7 Å². The Hall–Kier alpha value is -5.23. The third-order valence-corrected chi connectivity index (χ3v) is 17.6. The Balaban J connectivity index is 1.46. The zero-order chi connectivity index (χ0) is 55.5. The molecule has 4 aromatic rings. The van der Waals surface area contributed by atoms with Crippen molar-refractivity contribution < 1.29 is 88.8 Å². The average molecular weight is 1140 g/mol. The van der Waals surface area contributed by atoms with Crippen LogP contribution in [0.15, 0.2) is 116 Å². The lowest BCUT2D eigenvalue weighted by Crippen LogP contribution is -2.33. The molecule has 0 aromatic heterocycles. The number of allylic oxidation sites excluding steroid dienone is 8. The molecule has 0 spiro atoms. The first-order chi connectivity index (χ1) is 34.9. The quantitative estimate of drug-likeness (QED) is 0.0379. The Morgan fingerprint density at radius 2 is 1.23 bits per heavy atom. The number of likely N-dealkylation sites (N-methyl/N-ethyl adjacent to an activating group) is 1. The number of rotatable bonds is 25. The molecule has 0 bridgehead atoms. The normalized spacial score (nSPS) is 19.3. The van der Waals surface area contributed by atoms with Gasteiger partial charge in [0.05, 0.1) is 48.3 Å². The number of anilines is 1. The topological polar surface area (TPSA) is 348 Å². The third-order valence-electron chi connectivity index (χ3n) is 13.4. The van der Waals surface area contributed by atoms with E-state index in [2.05, 4.69) is 0 Å². The van der Waals surface area contributed by atoms with E-state index >= 15 is 0 Å². The first-order valence-electron chi connectivity index (χ1n) is 23.3. The van der Waals surface area contributed by atoms with Gasteiger partial charge < -0.3 is 42.2 Å². The van der Waals surface area contributed by atoms with Gasteiger partial charge in [-0.1, -0.05) is 36.4 Å². The van der Waals surface area contributed by atoms with Gasteiger partial charge in [0.2, 0.25) is 5.69 Å². The van der Waals surface area contributed by atoms with Gasteiger partial charge >= 0.3 is 5.97 Å². The molecule has 6 rings (SSSR count). The third kappa shape index (κ3) is 13.1. The summed E-state index contributed by atoms with van der Waals surface area (Å²) >= 11 is 0. The molecule has 0 amide bonds. The fourth-order valence-corrected chi connectivity index (χ4v) is 13.3. The predicted molar refractivity (Wildman–Crippen MR) is 270 cm³/mol. The average Bonchev–Trinajstić information content (AvgIpc) is 3.68. The molecule has 2 aliphatic heterocycles. The van der Waals surface area contributed by atoms with Crippen molar-refractivity contribution in [3.63, 3.8) is 0 Å². The van der Waals surface area contributed by atoms with Crippen LogP contribution in [0.5, 0.6) is 0 Å². The van der Waals surface area contributed by atoms with E-state index < -0.39 is 92.7 Å². The molecular formula is C49H54N2O19S5-4. The van der Waals surface area contributed by atoms with Crippen LogP contribution in [-0.4, -0.2) is 132 Å². The molecule has 75 heavy (non-hydrogen) atoms. The lowest BCUT2D eigenvalue weighted by atomic mass is 9.75. The molecule has 21 nitrogen and oxygen atoms in total. The lowest BCUT2D eigenvalue weighted by Gasteiger charge is -2.30. The smallest absolute Gasteiger partial charge is 0.303 e. The number of fused-ring (bicyclic) bond motifs is 6. The van der Waals surface area contributed by atoms with E-state index in [1.165, 1.54) is 25.3 Å². The summed E-state index contributed by atoms with van der Waals surface area (Å²) in [6.45, 7) is 6.42. The van der Waals surface area contributed by atoms with Crippen molar-refractivity contribution in [1.29, 1.82) is 0 Å². The molecule has 0 fully saturated rings. The number of carboxylic acids is 1. The fourth-order valence-electron chi connectivity index (χ4n) is 10.1. The SMILES string of the molecule is CCN1/C(=C/C=C/C=C/C=C/C2=[N+](CCCCCC(=O)O)c3ccc4c(S(=O)(=O)[O-])cc(S(=O)(=O)[O-])cc4c3C2(C)CCOCCOC)C(C)(CCCS(=O)(=O)[O-])c2c1ccc1c(S(=O)(=O)[O-])cc(S(=O)(=O)[O-])cc21. The number of methoxy groups -OCH3 is 1. The lowest BCUT2D eigenvalue weighted by molar-refractivity contribution is -0.438. The molecule has 0 saturated carbocycles. The highest BCUT2D eigenvalue weighted by atomic mass is 32.2. The fraction of sp³-hybridized carbons (Fsp3) is 0.388. The summed E-state index contributed by atoms with van der Waals surface area (Å²) in [4.78, 5) is 9.36. The zero-order valence-electron chi connectivity index (χ0n) is 41.1. The first kappa shape index (κ1) is 59.0. The van der Waals surface area contributed by atoms with E-state index in [0.29, 0.717) is 66.3 Å². The Labute approximate surface area is 436 Å². The summed E-state index contributed by atoms with van der Waals surface area (Å²) in [5, 5.41) is 8.94. The molecule has 2 heterocycles. The molecule has 0 radical (unpaired) electrons. The number of hydrogen-bond acceptors (Lipinski definition) is 19. The van der Waals surface area contributed by atoms with E-state index in [1.54, 1.807) is 67.3 Å². The predicted octanol–water partition coefficient (Wildman–Crippen LogP) is 5.34. The van der Waals surface area contributed by atoms with Gasteiger partial charge in [0, 0.05) is 78.7 Å². The van der Waals surface area contributed by atoms with Crippen molar-refractivity contribution in [3.05, 3.63) is 108 Å². The zero-order valence-corrected chi connectivity index (χ0v) is 45.2. The molecular weight excluding hydrogens is 1080 g/mol. The maximum Gasteiger partial charge on any atom is 0.303 e. The summed E-state index contributed by atoms with van der Waals surface area (Å²) in [7, 11) is -24.5. The van der Waals surface area contributed by atoms with Crippen molar-refractivity contribution in [3.8, 4) is 0 Å². The summed E-state index contributed by atoms with van der Waals surface area (Å²) < 4.78 is 198. The number of nitrogens with zero attached hydrogens (tertiary/aromatic N) is 2. The van der Waals surface area contributed by atoms with Gasteiger partial charge in [0.1, 0.15) is 47.0 Å². The molecule has 2 unspecified atom stereocenters. The number of hydrogen-bond donors (Lipinski definition) is 1. The van der Waals surface area contributed by atoms with Gasteiger partial charge in [0.15, 0.2) is 5.71 Å². The maximum atomic E-state index is 12.6. The summed E-state index contributed by atoms with van der Waals surface area (Å²) in [5.41, 5.74) is 0.354. The molecule has 2 atom stereocenters. The highest BCUT2D eigenvalue weighted by Gasteiger charge is 2.49. The Bertz CT molecular complexity index is 3660. The minimum Gasteiger partial charge on any atom is -0.748 e. The highest BCUT2D eigenvalue weighted by Crippen LogP contribution is 2.54. The highest BCUT2D eigenvalue weighted by molar-refractivity contribution is 7.87. The number of carbonyl (C=O) groups is 1. The van der Waals surface area contributed by atoms with Gasteiger partial charge in [-0.25, -0.2) is 42.1 Å². The minimum absolute atomic E-state index is 0.0284. The first-order valence-corrected chi connectivity index (χ1v) is 30.5. The van der Waals surface area contributed by atoms with Crippen LogP contribution in [0.2, 0.25) is 0 Å². The van der Waals surface area contributed by atoms with Crippen LogP contribution in [0, 0.1) is 0 Å². The Morgan fingerprint density at radius 3 is 1.77 bits per heavy atom. The Kier molecular flexibility index (Phi) is 17.9. The largest absolute Gasteiger partial charge is 0.748 e. The summed E-state index contributed by atoms with van der Waals surface area (Å²) in [6.07, 6.45) is 13.0. The van der Waals surface area contributed by atoms with Crippen LogP contribution in [0.3, 0.4) is 0 Å². The van der Waals surface area contributed by atoms with Crippen LogP contribution in [0.1, 0.15) is 76.8 Å². The molecule has 408 valence electrons. The van der Waals surface area contributed by atoms with Crippen molar-refractivity contribution in [2.24, 2.45) is 0 Å². The molecule has 1 N–H and O–H groups in total. The van der Waals surface area contributed by atoms with Crippen LogP contribution >= 0.6 is 0 Å². The van der Waals surface area contributed by atoms with Crippen LogP contribution < -0.4 is 4.90 Å². The maximum absolute atomic E-state index is 12.6. The summed E-state index contributed by atoms with van der Waals surface area (Å²) in [6, 6.07) is 8.87. The van der Waals surface area contributed by atoms with Gasteiger partial charge in [-0.15, -0.1) is 0 Å². The second kappa shape index (κ2) is 22.8. The van der Waals surface area contributed by atoms with Gasteiger partial charge in [-0.3, -0.25) is 4.79 Å². The number of carboxylic acid groups (broad SMARTS) is 1. The van der Waals surface area contributed by atoms with Crippen LogP contribution in [0.25, 0.3) is 21.5 Å². The second-order valence-corrected chi connectivity index (χ2v) is 25.3. The molecule has 0 aliphatic carbocycles. The number of ether oxygens (including phenoxy) is 2. The minimum atomic E-state index is -5.35. The van der Waals surface area contributed by atoms with E-state index in [1.807, 2.05) is 11.5 Å². The Morgan fingerprint density at radius 1 is 0.653 bits per heavy atom. The standard InChI is InChI=1S/C49H58N2O19S5/c1-5-50-39-20-18-35-37(29-33(72(57,58)59)31-41(35)74(63,64)65)46(39)48(2,22-14-28-71(54,55)56)43(50)15-10-7-6-8-11-16-44-49(3,23-25-70-27-26-69-4)47-38-30-34(73(60,61)62)32-42(75(66,67)68)36(38)19-21-40(47)51(44)24-13-9-12-17-45(52)53/h6-8,10-11,15-16,18-21,29-32H,5,9,12-14,17,22-28H2,1-4H3,(H5-,52,53,54,55,56,57,58,59,60,61,62,63,64,65,66,67,68)/p-4. The number of aliphatic carboxylic acids is 1. The monoisotopic (exact) mass is 1130 g/mol. The van der Waals surface area contributed by atoms with E-state index in [-0.39, 0.29) is 79.2 Å². The van der Waals surface area contributed by atoms with Crippen molar-refractivity contribution >= 4 is 95.2 Å². The number of unbranched alkanes of at least 4 members (excludes halogenated alkanes) is 2. The molecule has 2 aliphatic rings. The van der Waals surface area contributed by atoms with Gasteiger partial charge in [-0.05, 0) is 117 Å². The van der Waals surface area contributed by atoms with Crippen molar-refractivity contribution in [1.82, 2.24) is 0 Å². The second-order valence-electron chi connectivity index (χ2n) is 18.3. The van der Waals surface area contributed by atoms with E-state index in [9.17, 15) is 74.8 Å². The van der Waals surface area contributed by atoms with Crippen LogP contribution in [-0.2, 0) is 75.7 Å². The van der Waals surface area contributed by atoms with Crippen LogP contribution in [0.4, 0.5) is 11.4 Å². The molecule has 4 aromatic carbocycles.